The van der Waals surface area contributed by atoms with Crippen molar-refractivity contribution >= 4 is 34.9 Å². The lowest BCUT2D eigenvalue weighted by molar-refractivity contribution is 0.102. The standard InChI is InChI=1S/C16H15N3O2S/c1-9(2)15-19-12-8-10(5-6-13(12)21-15)18-14(20)11-4-3-7-17-16(11)22/h3-9H,1-2H3,(H,17,22)(H,18,20). The first-order valence-corrected chi connectivity index (χ1v) is 7.35. The fourth-order valence-electron chi connectivity index (χ4n) is 2.07. The summed E-state index contributed by atoms with van der Waals surface area (Å²) in [7, 11) is 0. The normalized spacial score (nSPS) is 11.0. The highest BCUT2D eigenvalue weighted by molar-refractivity contribution is 7.71. The molecule has 0 aliphatic rings. The van der Waals surface area contributed by atoms with Gasteiger partial charge >= 0.3 is 0 Å². The number of hydrogen-bond acceptors (Lipinski definition) is 4. The number of oxazole rings is 1. The molecule has 2 heterocycles. The number of aromatic nitrogens is 2. The summed E-state index contributed by atoms with van der Waals surface area (Å²) in [6.07, 6.45) is 1.69. The number of nitrogens with one attached hydrogen (secondary N) is 2. The van der Waals surface area contributed by atoms with Crippen LogP contribution in [-0.4, -0.2) is 15.9 Å². The van der Waals surface area contributed by atoms with Gasteiger partial charge in [-0.3, -0.25) is 4.79 Å². The van der Waals surface area contributed by atoms with Crippen molar-refractivity contribution in [2.45, 2.75) is 19.8 Å². The van der Waals surface area contributed by atoms with Crippen molar-refractivity contribution in [2.24, 2.45) is 0 Å². The number of hydrogen-bond donors (Lipinski definition) is 2. The number of fused-ring (bicyclic) bond motifs is 1. The van der Waals surface area contributed by atoms with Crippen molar-refractivity contribution in [1.29, 1.82) is 0 Å². The second-order valence-corrected chi connectivity index (χ2v) is 5.66. The van der Waals surface area contributed by atoms with E-state index >= 15 is 0 Å². The van der Waals surface area contributed by atoms with E-state index in [1.807, 2.05) is 13.8 Å². The quantitative estimate of drug-likeness (QED) is 0.709. The zero-order valence-corrected chi connectivity index (χ0v) is 13.0. The van der Waals surface area contributed by atoms with Crippen molar-refractivity contribution in [1.82, 2.24) is 9.97 Å². The van der Waals surface area contributed by atoms with Crippen molar-refractivity contribution < 1.29 is 9.21 Å². The lowest BCUT2D eigenvalue weighted by atomic mass is 10.2. The summed E-state index contributed by atoms with van der Waals surface area (Å²) >= 11 is 5.11. The lowest BCUT2D eigenvalue weighted by Gasteiger charge is -2.04. The maximum absolute atomic E-state index is 12.2. The van der Waals surface area contributed by atoms with Crippen LogP contribution >= 0.6 is 12.2 Å². The van der Waals surface area contributed by atoms with Gasteiger partial charge in [-0.25, -0.2) is 4.98 Å². The molecule has 0 unspecified atom stereocenters. The van der Waals surface area contributed by atoms with Gasteiger partial charge in [0.2, 0.25) is 0 Å². The number of benzene rings is 1. The van der Waals surface area contributed by atoms with E-state index in [1.165, 1.54) is 0 Å². The summed E-state index contributed by atoms with van der Waals surface area (Å²) < 4.78 is 6.05. The highest BCUT2D eigenvalue weighted by atomic mass is 32.1. The first kappa shape index (κ1) is 14.5. The average Bonchev–Trinajstić information content (AvgIpc) is 2.91. The zero-order valence-electron chi connectivity index (χ0n) is 12.2. The topological polar surface area (TPSA) is 70.9 Å². The maximum atomic E-state index is 12.2. The second-order valence-electron chi connectivity index (χ2n) is 5.26. The van der Waals surface area contributed by atoms with Crippen LogP contribution in [0, 0.1) is 4.64 Å². The van der Waals surface area contributed by atoms with Gasteiger partial charge in [-0.15, -0.1) is 0 Å². The van der Waals surface area contributed by atoms with Crippen LogP contribution in [-0.2, 0) is 0 Å². The molecular formula is C16H15N3O2S. The Morgan fingerprint density at radius 1 is 1.36 bits per heavy atom. The minimum absolute atomic E-state index is 0.216. The molecule has 1 aromatic carbocycles. The highest BCUT2D eigenvalue weighted by Gasteiger charge is 2.12. The summed E-state index contributed by atoms with van der Waals surface area (Å²) in [6.45, 7) is 4.04. The molecule has 3 rings (SSSR count). The van der Waals surface area contributed by atoms with E-state index in [0.717, 1.165) is 5.52 Å². The molecule has 0 radical (unpaired) electrons. The van der Waals surface area contributed by atoms with E-state index in [-0.39, 0.29) is 11.8 Å². The molecule has 0 aliphatic carbocycles. The van der Waals surface area contributed by atoms with Gasteiger partial charge < -0.3 is 14.7 Å². The smallest absolute Gasteiger partial charge is 0.258 e. The van der Waals surface area contributed by atoms with Crippen molar-refractivity contribution in [3.05, 3.63) is 52.6 Å². The number of pyridine rings is 1. The third kappa shape index (κ3) is 2.78. The fourth-order valence-corrected chi connectivity index (χ4v) is 2.30. The van der Waals surface area contributed by atoms with E-state index in [9.17, 15) is 4.79 Å². The summed E-state index contributed by atoms with van der Waals surface area (Å²) in [5, 5.41) is 2.82. The lowest BCUT2D eigenvalue weighted by Crippen LogP contribution is -2.12. The number of rotatable bonds is 3. The zero-order chi connectivity index (χ0) is 15.7. The first-order valence-electron chi connectivity index (χ1n) is 6.94. The Bertz CT molecular complexity index is 896. The predicted molar refractivity (Wildman–Crippen MR) is 87.7 cm³/mol. The van der Waals surface area contributed by atoms with Crippen LogP contribution in [0.15, 0.2) is 40.9 Å². The van der Waals surface area contributed by atoms with Gasteiger partial charge in [0.05, 0.1) is 5.56 Å². The number of carbonyl (C=O) groups excluding carboxylic acids is 1. The van der Waals surface area contributed by atoms with Crippen LogP contribution in [0.1, 0.15) is 36.0 Å². The Hall–Kier alpha value is -2.47. The molecule has 3 aromatic rings. The Kier molecular flexibility index (Phi) is 3.77. The Balaban J connectivity index is 1.89. The number of carbonyl (C=O) groups is 1. The SMILES string of the molecule is CC(C)c1nc2cc(NC(=O)c3ccc[nH]c3=S)ccc2o1. The molecule has 2 N–H and O–H groups in total. The van der Waals surface area contributed by atoms with Crippen LogP contribution in [0.4, 0.5) is 5.69 Å². The number of aromatic amines is 1. The highest BCUT2D eigenvalue weighted by Crippen LogP contribution is 2.24. The molecular weight excluding hydrogens is 298 g/mol. The van der Waals surface area contributed by atoms with Gasteiger partial charge in [0.1, 0.15) is 10.2 Å². The minimum atomic E-state index is -0.256. The summed E-state index contributed by atoms with van der Waals surface area (Å²) in [5.74, 6) is 0.644. The van der Waals surface area contributed by atoms with Gasteiger partial charge in [-0.05, 0) is 30.3 Å². The number of nitrogens with zero attached hydrogens (tertiary/aromatic N) is 1. The Morgan fingerprint density at radius 3 is 2.91 bits per heavy atom. The number of anilines is 1. The molecule has 112 valence electrons. The van der Waals surface area contributed by atoms with Crippen LogP contribution in [0.25, 0.3) is 11.1 Å². The van der Waals surface area contributed by atoms with Crippen LogP contribution in [0.2, 0.25) is 0 Å². The second kappa shape index (κ2) is 5.73. The third-order valence-electron chi connectivity index (χ3n) is 3.22. The first-order chi connectivity index (χ1) is 10.5. The molecule has 1 amide bonds. The van der Waals surface area contributed by atoms with Gasteiger partial charge in [0.15, 0.2) is 11.5 Å². The van der Waals surface area contributed by atoms with Crippen LogP contribution < -0.4 is 5.32 Å². The predicted octanol–water partition coefficient (Wildman–Crippen LogP) is 4.26. The van der Waals surface area contributed by atoms with Gasteiger partial charge in [-0.1, -0.05) is 26.1 Å². The van der Waals surface area contributed by atoms with E-state index < -0.39 is 0 Å². The van der Waals surface area contributed by atoms with Crippen molar-refractivity contribution in [3.63, 3.8) is 0 Å². The maximum Gasteiger partial charge on any atom is 0.258 e. The van der Waals surface area contributed by atoms with E-state index in [4.69, 9.17) is 16.6 Å². The summed E-state index contributed by atoms with van der Waals surface area (Å²) in [5.41, 5.74) is 2.51. The molecule has 22 heavy (non-hydrogen) atoms. The fraction of sp³-hybridized carbons (Fsp3) is 0.188. The van der Waals surface area contributed by atoms with Gasteiger partial charge in [0.25, 0.3) is 5.91 Å². The molecule has 0 atom stereocenters. The van der Waals surface area contributed by atoms with Crippen molar-refractivity contribution in [3.8, 4) is 0 Å². The molecule has 0 saturated carbocycles. The summed E-state index contributed by atoms with van der Waals surface area (Å²) in [6, 6.07) is 8.79. The van der Waals surface area contributed by atoms with E-state index in [0.29, 0.717) is 27.4 Å². The molecule has 5 nitrogen and oxygen atoms in total. The van der Waals surface area contributed by atoms with Crippen molar-refractivity contribution in [2.75, 3.05) is 5.32 Å². The van der Waals surface area contributed by atoms with Gasteiger partial charge in [0, 0.05) is 17.8 Å². The van der Waals surface area contributed by atoms with Crippen LogP contribution in [0.3, 0.4) is 0 Å². The molecule has 2 aromatic heterocycles. The molecule has 0 bridgehead atoms. The van der Waals surface area contributed by atoms with Crippen LogP contribution in [0.5, 0.6) is 0 Å². The molecule has 6 heteroatoms. The Labute approximate surface area is 132 Å². The third-order valence-corrected chi connectivity index (χ3v) is 3.56. The molecule has 0 fully saturated rings. The van der Waals surface area contributed by atoms with E-state index in [2.05, 4.69) is 15.3 Å². The molecule has 0 aliphatic heterocycles. The van der Waals surface area contributed by atoms with Gasteiger partial charge in [-0.2, -0.15) is 0 Å². The summed E-state index contributed by atoms with van der Waals surface area (Å²) in [4.78, 5) is 19.5. The monoisotopic (exact) mass is 313 g/mol. The molecule has 0 spiro atoms. The molecule has 0 saturated heterocycles. The number of amides is 1. The average molecular weight is 313 g/mol. The van der Waals surface area contributed by atoms with E-state index in [1.54, 1.807) is 36.5 Å². The Morgan fingerprint density at radius 2 is 2.18 bits per heavy atom. The largest absolute Gasteiger partial charge is 0.440 e. The minimum Gasteiger partial charge on any atom is -0.440 e. The number of H-pyrrole nitrogens is 1.